The zero-order valence-corrected chi connectivity index (χ0v) is 21.6. The number of hydrogen-bond acceptors (Lipinski definition) is 1. The van der Waals surface area contributed by atoms with Crippen molar-refractivity contribution in [3.8, 4) is 0 Å². The van der Waals surface area contributed by atoms with Gasteiger partial charge in [0.2, 0.25) is 0 Å². The van der Waals surface area contributed by atoms with Crippen LogP contribution in [0.1, 0.15) is 83.1 Å². The predicted octanol–water partition coefficient (Wildman–Crippen LogP) is 6.99. The molecule has 0 N–H and O–H groups in total. The third kappa shape index (κ3) is 8.12. The van der Waals surface area contributed by atoms with Crippen LogP contribution in [0.4, 0.5) is 0 Å². The summed E-state index contributed by atoms with van der Waals surface area (Å²) in [6.45, 7) is 27.7. The zero-order valence-electron chi connectivity index (χ0n) is 19.2. The minimum absolute atomic E-state index is 0. The van der Waals surface area contributed by atoms with Gasteiger partial charge in [-0.25, -0.2) is 0 Å². The summed E-state index contributed by atoms with van der Waals surface area (Å²) in [6, 6.07) is 0. The van der Waals surface area contributed by atoms with Crippen molar-refractivity contribution < 1.29 is 54.1 Å². The summed E-state index contributed by atoms with van der Waals surface area (Å²) in [4.78, 5) is 0. The van der Waals surface area contributed by atoms with Gasteiger partial charge in [0.1, 0.15) is 0 Å². The largest absolute Gasteiger partial charge is 0.382 e. The van der Waals surface area contributed by atoms with Crippen LogP contribution in [-0.4, -0.2) is 13.2 Å². The quantitative estimate of drug-likeness (QED) is 0.401. The van der Waals surface area contributed by atoms with E-state index in [1.165, 1.54) is 59.2 Å². The fourth-order valence-corrected chi connectivity index (χ4v) is 3.02. The summed E-state index contributed by atoms with van der Waals surface area (Å²) < 4.78 is 4.83. The predicted molar refractivity (Wildman–Crippen MR) is 111 cm³/mol. The molecule has 0 bridgehead atoms. The third-order valence-corrected chi connectivity index (χ3v) is 6.03. The van der Waals surface area contributed by atoms with E-state index in [0.717, 1.165) is 13.2 Å². The molecule has 2 fully saturated rings. The molecular formula is C24H40EuO. The Morgan fingerprint density at radius 1 is 0.385 bits per heavy atom. The fourth-order valence-electron chi connectivity index (χ4n) is 3.02. The van der Waals surface area contributed by atoms with Crippen molar-refractivity contribution in [3.05, 3.63) is 59.2 Å². The first-order chi connectivity index (χ1) is 11.5. The van der Waals surface area contributed by atoms with Crippen molar-refractivity contribution >= 4 is 0 Å². The molecule has 0 heterocycles. The van der Waals surface area contributed by atoms with Crippen LogP contribution in [0, 0.1) is 109 Å². The van der Waals surface area contributed by atoms with Crippen molar-refractivity contribution in [2.24, 2.45) is 0 Å². The Balaban J connectivity index is 0. The number of hydrogen-bond donors (Lipinski definition) is 0. The van der Waals surface area contributed by atoms with E-state index in [1.807, 2.05) is 13.8 Å². The molecule has 11 radical (unpaired) electrons. The van der Waals surface area contributed by atoms with E-state index in [0.29, 0.717) is 0 Å². The maximum Gasteiger partial charge on any atom is 0.0437 e. The van der Waals surface area contributed by atoms with Crippen LogP contribution in [-0.2, 0) is 4.74 Å². The molecule has 2 rings (SSSR count). The van der Waals surface area contributed by atoms with Crippen LogP contribution in [0.5, 0.6) is 0 Å². The second kappa shape index (κ2) is 14.5. The van der Waals surface area contributed by atoms with Gasteiger partial charge in [-0.2, -0.15) is 0 Å². The minimum Gasteiger partial charge on any atom is -0.382 e. The molecule has 0 unspecified atom stereocenters. The maximum atomic E-state index is 4.83. The minimum atomic E-state index is 0. The average Bonchev–Trinajstić information content (AvgIpc) is 2.87. The molecule has 0 amide bonds. The molecule has 0 aromatic rings. The Hall–Kier alpha value is 1.54. The van der Waals surface area contributed by atoms with Crippen LogP contribution in [0.3, 0.4) is 0 Å². The van der Waals surface area contributed by atoms with E-state index >= 15 is 0 Å². The standard InChI is InChI=1S/2C10H15.C4H10O.Eu/c2*1-6-7(2)9(4)10(5)8(6)3;1-3-5-4-2;/h2*1-5H3;3-4H2,1-2H3;. The van der Waals surface area contributed by atoms with Gasteiger partial charge in [0.05, 0.1) is 0 Å². The van der Waals surface area contributed by atoms with Crippen LogP contribution in [0.15, 0.2) is 0 Å². The summed E-state index contributed by atoms with van der Waals surface area (Å²) in [6.07, 6.45) is 0. The summed E-state index contributed by atoms with van der Waals surface area (Å²) >= 11 is 0. The Labute approximate surface area is 207 Å². The third-order valence-electron chi connectivity index (χ3n) is 6.03. The van der Waals surface area contributed by atoms with Gasteiger partial charge in [-0.3, -0.25) is 0 Å². The molecular weight excluding hydrogens is 456 g/mol. The molecule has 149 valence electrons. The first-order valence-corrected chi connectivity index (χ1v) is 9.49. The normalized spacial score (nSPS) is 23.5. The van der Waals surface area contributed by atoms with E-state index in [1.54, 1.807) is 0 Å². The molecule has 0 aromatic heterocycles. The van der Waals surface area contributed by atoms with Crippen LogP contribution < -0.4 is 0 Å². The van der Waals surface area contributed by atoms with E-state index in [9.17, 15) is 0 Å². The van der Waals surface area contributed by atoms with Crippen molar-refractivity contribution in [3.63, 3.8) is 0 Å². The zero-order chi connectivity index (χ0) is 19.9. The molecule has 0 aliphatic heterocycles. The number of rotatable bonds is 2. The number of ether oxygens (including phenoxy) is 1. The molecule has 0 atom stereocenters. The van der Waals surface area contributed by atoms with Gasteiger partial charge in [-0.1, -0.05) is 69.2 Å². The SMILES string of the molecule is CCOCC.C[C]1[C](C)[C](C)[C](C)[C]1C.C[C]1[C](C)[C](C)[C](C)[C]1C.[Eu]. The molecule has 2 aliphatic rings. The van der Waals surface area contributed by atoms with Crippen molar-refractivity contribution in [1.29, 1.82) is 0 Å². The van der Waals surface area contributed by atoms with E-state index in [2.05, 4.69) is 69.2 Å². The average molecular weight is 497 g/mol. The van der Waals surface area contributed by atoms with Crippen LogP contribution in [0.2, 0.25) is 0 Å². The summed E-state index contributed by atoms with van der Waals surface area (Å²) in [7, 11) is 0. The fraction of sp³-hybridized carbons (Fsp3) is 0.583. The second-order valence-corrected chi connectivity index (χ2v) is 7.03. The molecule has 2 saturated carbocycles. The molecule has 26 heavy (non-hydrogen) atoms. The Morgan fingerprint density at radius 3 is 0.538 bits per heavy atom. The second-order valence-electron chi connectivity index (χ2n) is 7.03. The summed E-state index contributed by atoms with van der Waals surface area (Å²) in [5.74, 6) is 14.7. The van der Waals surface area contributed by atoms with Gasteiger partial charge >= 0.3 is 0 Å². The van der Waals surface area contributed by atoms with Gasteiger partial charge in [0.15, 0.2) is 0 Å². The van der Waals surface area contributed by atoms with Crippen molar-refractivity contribution in [2.45, 2.75) is 83.1 Å². The Kier molecular flexibility index (Phi) is 16.6. The maximum absolute atomic E-state index is 4.83. The topological polar surface area (TPSA) is 9.23 Å². The van der Waals surface area contributed by atoms with Crippen molar-refractivity contribution in [1.82, 2.24) is 0 Å². The monoisotopic (exact) mass is 497 g/mol. The summed E-state index contributed by atoms with van der Waals surface area (Å²) in [5.41, 5.74) is 0. The van der Waals surface area contributed by atoms with E-state index in [4.69, 9.17) is 4.74 Å². The van der Waals surface area contributed by atoms with Gasteiger partial charge in [-0.15, -0.1) is 0 Å². The first-order valence-electron chi connectivity index (χ1n) is 9.49. The molecule has 0 saturated heterocycles. The van der Waals surface area contributed by atoms with E-state index in [-0.39, 0.29) is 49.4 Å². The molecule has 0 spiro atoms. The molecule has 2 aliphatic carbocycles. The molecule has 2 heteroatoms. The van der Waals surface area contributed by atoms with Crippen LogP contribution >= 0.6 is 0 Å². The smallest absolute Gasteiger partial charge is 0.0437 e. The van der Waals surface area contributed by atoms with Gasteiger partial charge in [0.25, 0.3) is 0 Å². The Bertz CT molecular complexity index is 223. The first kappa shape index (κ1) is 29.7. The van der Waals surface area contributed by atoms with Crippen LogP contribution in [0.25, 0.3) is 0 Å². The summed E-state index contributed by atoms with van der Waals surface area (Å²) in [5, 5.41) is 0. The van der Waals surface area contributed by atoms with Crippen molar-refractivity contribution in [2.75, 3.05) is 13.2 Å². The van der Waals surface area contributed by atoms with E-state index < -0.39 is 0 Å². The molecule has 1 nitrogen and oxygen atoms in total. The molecule has 0 aromatic carbocycles. The van der Waals surface area contributed by atoms with Gasteiger partial charge in [-0.05, 0) is 73.0 Å². The van der Waals surface area contributed by atoms with Gasteiger partial charge in [0, 0.05) is 62.6 Å². The Morgan fingerprint density at radius 2 is 0.500 bits per heavy atom. The van der Waals surface area contributed by atoms with Gasteiger partial charge < -0.3 is 4.74 Å².